The van der Waals surface area contributed by atoms with Gasteiger partial charge in [0.15, 0.2) is 0 Å². The lowest BCUT2D eigenvalue weighted by molar-refractivity contribution is 0.187. The van der Waals surface area contributed by atoms with Crippen molar-refractivity contribution in [2.45, 2.75) is 31.7 Å². The number of carbonyl (C=O) groups is 1. The van der Waals surface area contributed by atoms with Crippen LogP contribution in [-0.2, 0) is 6.42 Å². The largest absolute Gasteiger partial charge is 0.338 e. The van der Waals surface area contributed by atoms with Gasteiger partial charge in [0.2, 0.25) is 0 Å². The number of nitrogens with two attached hydrogens (primary N) is 1. The van der Waals surface area contributed by atoms with Crippen molar-refractivity contribution in [2.24, 2.45) is 11.7 Å². The van der Waals surface area contributed by atoms with Crippen LogP contribution < -0.4 is 11.1 Å². The molecule has 0 radical (unpaired) electrons. The smallest absolute Gasteiger partial charge is 0.317 e. The molecule has 1 saturated heterocycles. The minimum absolute atomic E-state index is 0.00941. The number of hydrogen-bond donors (Lipinski definition) is 2. The van der Waals surface area contributed by atoms with Crippen LogP contribution in [0.25, 0.3) is 0 Å². The number of likely N-dealkylation sites (tertiary alicyclic amines) is 1. The van der Waals surface area contributed by atoms with Crippen molar-refractivity contribution in [1.82, 2.24) is 20.2 Å². The summed E-state index contributed by atoms with van der Waals surface area (Å²) in [6, 6.07) is -0.00941. The van der Waals surface area contributed by atoms with Crippen LogP contribution >= 0.6 is 0 Å². The summed E-state index contributed by atoms with van der Waals surface area (Å²) in [6.45, 7) is 3.98. The molecule has 2 aliphatic rings. The van der Waals surface area contributed by atoms with E-state index in [0.29, 0.717) is 25.4 Å². The zero-order chi connectivity index (χ0) is 14.2. The van der Waals surface area contributed by atoms with E-state index in [1.807, 2.05) is 11.8 Å². The van der Waals surface area contributed by atoms with Crippen molar-refractivity contribution in [2.75, 3.05) is 19.6 Å². The minimum Gasteiger partial charge on any atom is -0.338 e. The lowest BCUT2D eigenvalue weighted by Gasteiger charge is -2.39. The Hall–Kier alpha value is -1.69. The summed E-state index contributed by atoms with van der Waals surface area (Å²) in [4.78, 5) is 22.4. The van der Waals surface area contributed by atoms with Gasteiger partial charge >= 0.3 is 6.03 Å². The molecular formula is C14H21N5O. The maximum absolute atomic E-state index is 12.1. The molecule has 1 saturated carbocycles. The molecule has 0 unspecified atom stereocenters. The van der Waals surface area contributed by atoms with Crippen LogP contribution in [0.5, 0.6) is 0 Å². The quantitative estimate of drug-likeness (QED) is 0.839. The third-order valence-corrected chi connectivity index (χ3v) is 4.45. The van der Waals surface area contributed by atoms with E-state index >= 15 is 0 Å². The zero-order valence-corrected chi connectivity index (χ0v) is 11.8. The molecule has 2 atom stereocenters. The van der Waals surface area contributed by atoms with Gasteiger partial charge in [0.05, 0.1) is 11.4 Å². The molecule has 3 N–H and O–H groups in total. The SMILES string of the molecule is Cc1cncc(CCNC(=O)N2C[C@@H]3CC[C@]3(N)C2)n1. The summed E-state index contributed by atoms with van der Waals surface area (Å²) in [7, 11) is 0. The third-order valence-electron chi connectivity index (χ3n) is 4.45. The maximum Gasteiger partial charge on any atom is 0.317 e. The molecule has 2 amide bonds. The Balaban J connectivity index is 1.46. The Bertz CT molecular complexity index is 520. The molecule has 0 spiro atoms. The number of urea groups is 1. The van der Waals surface area contributed by atoms with Gasteiger partial charge in [-0.1, -0.05) is 0 Å². The van der Waals surface area contributed by atoms with Crippen LogP contribution in [0.1, 0.15) is 24.2 Å². The summed E-state index contributed by atoms with van der Waals surface area (Å²) < 4.78 is 0. The van der Waals surface area contributed by atoms with Crippen molar-refractivity contribution in [1.29, 1.82) is 0 Å². The standard InChI is InChI=1S/C14H21N5O/c1-10-6-16-7-12(18-10)3-5-17-13(20)19-8-11-2-4-14(11,15)9-19/h6-7,11H,2-5,8-9,15H2,1H3,(H,17,20)/t11-,14-/m0/s1. The summed E-state index contributed by atoms with van der Waals surface area (Å²) >= 11 is 0. The van der Waals surface area contributed by atoms with Gasteiger partial charge in [-0.15, -0.1) is 0 Å². The molecule has 0 bridgehead atoms. The third kappa shape index (κ3) is 2.47. The van der Waals surface area contributed by atoms with Gasteiger partial charge in [0.25, 0.3) is 0 Å². The molecule has 1 aliphatic carbocycles. The van der Waals surface area contributed by atoms with Crippen LogP contribution in [0.15, 0.2) is 12.4 Å². The van der Waals surface area contributed by atoms with Crippen LogP contribution in [0.2, 0.25) is 0 Å². The van der Waals surface area contributed by atoms with Crippen molar-refractivity contribution in [3.05, 3.63) is 23.8 Å². The molecular weight excluding hydrogens is 254 g/mol. The van der Waals surface area contributed by atoms with Gasteiger partial charge in [0.1, 0.15) is 0 Å². The Labute approximate surface area is 118 Å². The second kappa shape index (κ2) is 5.01. The van der Waals surface area contributed by atoms with E-state index in [1.165, 1.54) is 0 Å². The minimum atomic E-state index is -0.112. The summed E-state index contributed by atoms with van der Waals surface area (Å²) in [5.41, 5.74) is 7.92. The number of rotatable bonds is 3. The first-order valence-corrected chi connectivity index (χ1v) is 7.16. The fourth-order valence-electron chi connectivity index (χ4n) is 3.09. The fourth-order valence-corrected chi connectivity index (χ4v) is 3.09. The summed E-state index contributed by atoms with van der Waals surface area (Å²) in [6.07, 6.45) is 6.36. The van der Waals surface area contributed by atoms with E-state index in [0.717, 1.165) is 30.8 Å². The molecule has 0 aromatic carbocycles. The van der Waals surface area contributed by atoms with Crippen LogP contribution in [0.3, 0.4) is 0 Å². The highest BCUT2D eigenvalue weighted by molar-refractivity contribution is 5.74. The molecule has 108 valence electrons. The second-order valence-electron chi connectivity index (χ2n) is 5.98. The number of nitrogens with one attached hydrogen (secondary N) is 1. The molecule has 20 heavy (non-hydrogen) atoms. The van der Waals surface area contributed by atoms with Gasteiger partial charge < -0.3 is 16.0 Å². The first-order valence-electron chi connectivity index (χ1n) is 7.16. The maximum atomic E-state index is 12.1. The first-order chi connectivity index (χ1) is 9.57. The van der Waals surface area contributed by atoms with Crippen molar-refractivity contribution >= 4 is 6.03 Å². The zero-order valence-electron chi connectivity index (χ0n) is 11.8. The molecule has 6 heteroatoms. The first kappa shape index (κ1) is 13.3. The molecule has 2 heterocycles. The average Bonchev–Trinajstić information content (AvgIpc) is 2.63. The Morgan fingerprint density at radius 3 is 3.05 bits per heavy atom. The normalized spacial score (nSPS) is 27.9. The van der Waals surface area contributed by atoms with Crippen molar-refractivity contribution in [3.8, 4) is 0 Å². The molecule has 2 fully saturated rings. The molecule has 1 aromatic rings. The number of amides is 2. The second-order valence-corrected chi connectivity index (χ2v) is 5.98. The Kier molecular flexibility index (Phi) is 3.33. The predicted octanol–water partition coefficient (Wildman–Crippen LogP) is 0.460. The monoisotopic (exact) mass is 275 g/mol. The van der Waals surface area contributed by atoms with E-state index in [-0.39, 0.29) is 11.6 Å². The fraction of sp³-hybridized carbons (Fsp3) is 0.643. The van der Waals surface area contributed by atoms with Gasteiger partial charge in [-0.05, 0) is 25.7 Å². The van der Waals surface area contributed by atoms with Crippen LogP contribution in [-0.4, -0.2) is 46.1 Å². The molecule has 3 rings (SSSR count). The lowest BCUT2D eigenvalue weighted by Crippen LogP contribution is -2.55. The van der Waals surface area contributed by atoms with Gasteiger partial charge in [-0.3, -0.25) is 9.97 Å². The molecule has 6 nitrogen and oxygen atoms in total. The van der Waals surface area contributed by atoms with Gasteiger partial charge in [0, 0.05) is 44.0 Å². The Morgan fingerprint density at radius 1 is 1.60 bits per heavy atom. The summed E-state index contributed by atoms with van der Waals surface area (Å²) in [5, 5.41) is 2.94. The van der Waals surface area contributed by atoms with Crippen LogP contribution in [0, 0.1) is 12.8 Å². The number of nitrogens with zero attached hydrogens (tertiary/aromatic N) is 3. The number of aryl methyl sites for hydroxylation is 1. The van der Waals surface area contributed by atoms with E-state index in [1.54, 1.807) is 12.4 Å². The van der Waals surface area contributed by atoms with E-state index in [9.17, 15) is 4.79 Å². The number of aromatic nitrogens is 2. The van der Waals surface area contributed by atoms with Gasteiger partial charge in [-0.2, -0.15) is 0 Å². The predicted molar refractivity (Wildman–Crippen MR) is 75.1 cm³/mol. The van der Waals surface area contributed by atoms with E-state index in [4.69, 9.17) is 5.73 Å². The number of hydrogen-bond acceptors (Lipinski definition) is 4. The number of fused-ring (bicyclic) bond motifs is 1. The summed E-state index contributed by atoms with van der Waals surface area (Å²) in [5.74, 6) is 0.496. The highest BCUT2D eigenvalue weighted by Gasteiger charge is 2.51. The Morgan fingerprint density at radius 2 is 2.45 bits per heavy atom. The molecule has 1 aliphatic heterocycles. The van der Waals surface area contributed by atoms with Crippen molar-refractivity contribution in [3.63, 3.8) is 0 Å². The van der Waals surface area contributed by atoms with Crippen LogP contribution in [0.4, 0.5) is 4.79 Å². The lowest BCUT2D eigenvalue weighted by atomic mass is 9.70. The highest BCUT2D eigenvalue weighted by atomic mass is 16.2. The number of carbonyl (C=O) groups excluding carboxylic acids is 1. The van der Waals surface area contributed by atoms with Gasteiger partial charge in [-0.25, -0.2) is 4.79 Å². The topological polar surface area (TPSA) is 84.1 Å². The van der Waals surface area contributed by atoms with Crippen molar-refractivity contribution < 1.29 is 4.79 Å². The highest BCUT2D eigenvalue weighted by Crippen LogP contribution is 2.42. The average molecular weight is 275 g/mol. The van der Waals surface area contributed by atoms with E-state index in [2.05, 4.69) is 15.3 Å². The van der Waals surface area contributed by atoms with E-state index < -0.39 is 0 Å². The molecule has 1 aromatic heterocycles.